The highest BCUT2D eigenvalue weighted by Crippen LogP contribution is 2.45. The second-order valence-corrected chi connectivity index (χ2v) is 11.4. The van der Waals surface area contributed by atoms with E-state index >= 15 is 0 Å². The third-order valence-corrected chi connectivity index (χ3v) is 7.60. The molecule has 5 nitrogen and oxygen atoms in total. The first-order valence-corrected chi connectivity index (χ1v) is 15.1. The number of hydrogen-bond donors (Lipinski definition) is 0. The van der Waals surface area contributed by atoms with E-state index in [0.717, 1.165) is 34.4 Å². The number of methoxy groups -OCH3 is 1. The SMILES string of the molecule is CC.CCCCC1CSc2cc(OCC(=O)OC(C)(C)C)c(SC)cc2N(c2ccc(OC)cc2)C1. The second-order valence-electron chi connectivity index (χ2n) is 9.47. The molecule has 0 saturated heterocycles. The maximum Gasteiger partial charge on any atom is 0.344 e. The summed E-state index contributed by atoms with van der Waals surface area (Å²) in [5.41, 5.74) is 1.81. The molecule has 0 aromatic heterocycles. The van der Waals surface area contributed by atoms with Crippen molar-refractivity contribution in [3.8, 4) is 11.5 Å². The fourth-order valence-corrected chi connectivity index (χ4v) is 5.67. The van der Waals surface area contributed by atoms with Crippen molar-refractivity contribution in [2.24, 2.45) is 5.92 Å². The molecule has 7 heteroatoms. The summed E-state index contributed by atoms with van der Waals surface area (Å²) in [6.07, 6.45) is 5.68. The largest absolute Gasteiger partial charge is 0.497 e. The lowest BCUT2D eigenvalue weighted by atomic mass is 10.0. The van der Waals surface area contributed by atoms with Gasteiger partial charge >= 0.3 is 5.97 Å². The van der Waals surface area contributed by atoms with Gasteiger partial charge < -0.3 is 19.1 Å². The predicted molar refractivity (Wildman–Crippen MR) is 155 cm³/mol. The van der Waals surface area contributed by atoms with Crippen LogP contribution in [0.25, 0.3) is 0 Å². The van der Waals surface area contributed by atoms with Crippen LogP contribution >= 0.6 is 23.5 Å². The highest BCUT2D eigenvalue weighted by molar-refractivity contribution is 7.99. The molecule has 0 radical (unpaired) electrons. The molecule has 2 aromatic carbocycles. The Hall–Kier alpha value is -1.99. The fraction of sp³-hybridized carbons (Fsp3) is 0.552. The van der Waals surface area contributed by atoms with Gasteiger partial charge in [0.2, 0.25) is 0 Å². The molecule has 0 N–H and O–H groups in total. The molecule has 0 spiro atoms. The van der Waals surface area contributed by atoms with Gasteiger partial charge in [0, 0.05) is 22.9 Å². The normalized spacial score (nSPS) is 15.2. The van der Waals surface area contributed by atoms with Crippen LogP contribution in [-0.2, 0) is 9.53 Å². The molecular weight excluding hydrogens is 490 g/mol. The predicted octanol–water partition coefficient (Wildman–Crippen LogP) is 8.21. The van der Waals surface area contributed by atoms with Gasteiger partial charge in [-0.15, -0.1) is 23.5 Å². The van der Waals surface area contributed by atoms with Crippen LogP contribution in [0.3, 0.4) is 0 Å². The Balaban J connectivity index is 0.00000222. The summed E-state index contributed by atoms with van der Waals surface area (Å²) in [5.74, 6) is 2.87. The summed E-state index contributed by atoms with van der Waals surface area (Å²) in [7, 11) is 1.69. The Kier molecular flexibility index (Phi) is 12.3. The van der Waals surface area contributed by atoms with Crippen LogP contribution in [0.5, 0.6) is 11.5 Å². The van der Waals surface area contributed by atoms with Gasteiger partial charge in [-0.3, -0.25) is 0 Å². The van der Waals surface area contributed by atoms with E-state index in [9.17, 15) is 4.79 Å². The first-order valence-electron chi connectivity index (χ1n) is 12.8. The minimum Gasteiger partial charge on any atom is -0.497 e. The third-order valence-electron chi connectivity index (χ3n) is 5.57. The highest BCUT2D eigenvalue weighted by atomic mass is 32.2. The van der Waals surface area contributed by atoms with Crippen LogP contribution < -0.4 is 14.4 Å². The van der Waals surface area contributed by atoms with Gasteiger partial charge in [-0.1, -0.05) is 33.6 Å². The topological polar surface area (TPSA) is 48.0 Å². The Morgan fingerprint density at radius 1 is 1.17 bits per heavy atom. The van der Waals surface area contributed by atoms with E-state index in [1.54, 1.807) is 18.9 Å². The zero-order valence-corrected chi connectivity index (χ0v) is 24.8. The lowest BCUT2D eigenvalue weighted by molar-refractivity contribution is -0.157. The Bertz CT molecular complexity index is 957. The van der Waals surface area contributed by atoms with Crippen LogP contribution in [0.1, 0.15) is 60.8 Å². The highest BCUT2D eigenvalue weighted by Gasteiger charge is 2.26. The molecule has 1 heterocycles. The van der Waals surface area contributed by atoms with E-state index in [0.29, 0.717) is 5.92 Å². The van der Waals surface area contributed by atoms with Crippen LogP contribution in [0.4, 0.5) is 11.4 Å². The number of esters is 1. The van der Waals surface area contributed by atoms with Gasteiger partial charge in [-0.05, 0) is 75.8 Å². The maximum atomic E-state index is 12.2. The lowest BCUT2D eigenvalue weighted by Gasteiger charge is -2.28. The molecule has 1 atom stereocenters. The monoisotopic (exact) mass is 533 g/mol. The summed E-state index contributed by atoms with van der Waals surface area (Å²) in [6, 6.07) is 12.6. The van der Waals surface area contributed by atoms with E-state index in [4.69, 9.17) is 14.2 Å². The number of carbonyl (C=O) groups is 1. The summed E-state index contributed by atoms with van der Waals surface area (Å²) in [5, 5.41) is 0. The molecule has 0 aliphatic carbocycles. The summed E-state index contributed by atoms with van der Waals surface area (Å²) < 4.78 is 16.8. The molecule has 1 aliphatic rings. The Morgan fingerprint density at radius 3 is 2.44 bits per heavy atom. The maximum absolute atomic E-state index is 12.2. The van der Waals surface area contributed by atoms with Gasteiger partial charge in [0.1, 0.15) is 17.1 Å². The van der Waals surface area contributed by atoms with Crippen molar-refractivity contribution < 1.29 is 19.0 Å². The number of fused-ring (bicyclic) bond motifs is 1. The Labute approximate surface area is 226 Å². The summed E-state index contributed by atoms with van der Waals surface area (Å²) >= 11 is 3.50. The van der Waals surface area contributed by atoms with Crippen LogP contribution in [0.15, 0.2) is 46.2 Å². The fourth-order valence-electron chi connectivity index (χ4n) is 3.93. The molecule has 3 rings (SSSR count). The first kappa shape index (κ1) is 30.2. The van der Waals surface area contributed by atoms with Crippen molar-refractivity contribution in [1.82, 2.24) is 0 Å². The molecule has 0 bridgehead atoms. The first-order chi connectivity index (χ1) is 17.2. The second kappa shape index (κ2) is 14.7. The minimum absolute atomic E-state index is 0.102. The van der Waals surface area contributed by atoms with Crippen molar-refractivity contribution in [2.75, 3.05) is 37.2 Å². The molecule has 0 fully saturated rings. The van der Waals surface area contributed by atoms with Crippen molar-refractivity contribution >= 4 is 40.9 Å². The van der Waals surface area contributed by atoms with Gasteiger partial charge in [0.15, 0.2) is 6.61 Å². The molecule has 1 aliphatic heterocycles. The number of benzene rings is 2. The van der Waals surface area contributed by atoms with Crippen molar-refractivity contribution in [3.05, 3.63) is 36.4 Å². The molecule has 36 heavy (non-hydrogen) atoms. The van der Waals surface area contributed by atoms with Gasteiger partial charge in [0.25, 0.3) is 0 Å². The zero-order chi connectivity index (χ0) is 26.7. The number of rotatable bonds is 9. The number of anilines is 2. The molecular formula is C29H43NO4S2. The minimum atomic E-state index is -0.529. The van der Waals surface area contributed by atoms with E-state index < -0.39 is 5.60 Å². The number of thioether (sulfide) groups is 2. The lowest BCUT2D eigenvalue weighted by Crippen LogP contribution is -2.27. The number of unbranched alkanes of at least 4 members (excludes halogenated alkanes) is 1. The van der Waals surface area contributed by atoms with Crippen molar-refractivity contribution in [3.63, 3.8) is 0 Å². The molecule has 0 amide bonds. The van der Waals surface area contributed by atoms with Crippen LogP contribution in [0.2, 0.25) is 0 Å². The van der Waals surface area contributed by atoms with Gasteiger partial charge in [-0.25, -0.2) is 4.79 Å². The summed E-state index contributed by atoms with van der Waals surface area (Å²) in [6.45, 7) is 12.7. The van der Waals surface area contributed by atoms with Gasteiger partial charge in [-0.2, -0.15) is 0 Å². The van der Waals surface area contributed by atoms with E-state index in [1.807, 2.05) is 64.8 Å². The van der Waals surface area contributed by atoms with E-state index in [1.165, 1.54) is 29.8 Å². The van der Waals surface area contributed by atoms with Crippen LogP contribution in [-0.4, -0.2) is 43.8 Å². The van der Waals surface area contributed by atoms with Crippen LogP contribution in [0, 0.1) is 5.92 Å². The number of hydrogen-bond acceptors (Lipinski definition) is 7. The molecule has 200 valence electrons. The standard InChI is InChI=1S/C27H37NO4S2.C2H6/c1-7-8-9-19-16-28(20-10-12-21(30-5)13-11-20)22-14-25(33-6)23(15-24(22)34-18-19)31-17-26(29)32-27(2,3)4;1-2/h10-15,19H,7-9,16-18H2,1-6H3;1-2H3. The number of ether oxygens (including phenoxy) is 3. The average molecular weight is 534 g/mol. The summed E-state index contributed by atoms with van der Waals surface area (Å²) in [4.78, 5) is 16.8. The third kappa shape index (κ3) is 8.84. The molecule has 0 saturated carbocycles. The molecule has 1 unspecified atom stereocenters. The Morgan fingerprint density at radius 2 is 1.86 bits per heavy atom. The van der Waals surface area contributed by atoms with E-state index in [-0.39, 0.29) is 12.6 Å². The average Bonchev–Trinajstić information content (AvgIpc) is 3.05. The molecule has 2 aromatic rings. The van der Waals surface area contributed by atoms with E-state index in [2.05, 4.69) is 36.1 Å². The number of carbonyl (C=O) groups excluding carboxylic acids is 1. The van der Waals surface area contributed by atoms with Gasteiger partial charge in [0.05, 0.1) is 17.7 Å². The van der Waals surface area contributed by atoms with Crippen molar-refractivity contribution in [1.29, 1.82) is 0 Å². The smallest absolute Gasteiger partial charge is 0.344 e. The number of nitrogens with zero attached hydrogens (tertiary/aromatic N) is 1. The zero-order valence-electron chi connectivity index (χ0n) is 23.2. The van der Waals surface area contributed by atoms with Crippen molar-refractivity contribution in [2.45, 2.75) is 76.2 Å². The quantitative estimate of drug-likeness (QED) is 0.238.